The maximum absolute atomic E-state index is 10.3. The normalized spacial score (nSPS) is 8.60. The minimum atomic E-state index is -4.52. The van der Waals surface area contributed by atoms with E-state index in [1.165, 1.54) is 85.2 Å². The van der Waals surface area contributed by atoms with Crippen LogP contribution in [0.5, 0.6) is 0 Å². The first-order valence-electron chi connectivity index (χ1n) is 24.3. The number of benzene rings is 2. The Morgan fingerprint density at radius 3 is 0.544 bits per heavy atom. The summed E-state index contributed by atoms with van der Waals surface area (Å²) in [6, 6.07) is 19.6. The van der Waals surface area contributed by atoms with Gasteiger partial charge in [-0.25, -0.2) is 9.97 Å². The molecule has 26 nitrogen and oxygen atoms in total. The van der Waals surface area contributed by atoms with Crippen LogP contribution in [0.1, 0.15) is 159 Å². The summed E-state index contributed by atoms with van der Waals surface area (Å²) in [6.45, 7) is 32.2. The van der Waals surface area contributed by atoms with E-state index in [0.717, 1.165) is 0 Å². The third kappa shape index (κ3) is 212. The van der Waals surface area contributed by atoms with Crippen molar-refractivity contribution in [1.29, 1.82) is 0 Å². The van der Waals surface area contributed by atoms with Crippen LogP contribution in [0.3, 0.4) is 0 Å². The van der Waals surface area contributed by atoms with Crippen molar-refractivity contribution < 1.29 is 252 Å². The van der Waals surface area contributed by atoms with Crippen molar-refractivity contribution in [3.8, 4) is 0 Å². The number of carboxylic acid groups (broad SMARTS) is 2. The second-order valence-corrected chi connectivity index (χ2v) is 21.3. The van der Waals surface area contributed by atoms with E-state index < -0.39 is 88.2 Å². The molecule has 0 N–H and O–H groups in total. The van der Waals surface area contributed by atoms with Gasteiger partial charge >= 0.3 is 130 Å². The smallest absolute Gasteiger partial charge is 2.00 e. The first-order valence-corrected chi connectivity index (χ1v) is 28.2. The van der Waals surface area contributed by atoms with Crippen LogP contribution in [0.15, 0.2) is 97.3 Å². The molecule has 4 aromatic rings. The zero-order valence-electron chi connectivity index (χ0n) is 54.4. The van der Waals surface area contributed by atoms with Gasteiger partial charge < -0.3 is 121 Å². The van der Waals surface area contributed by atoms with Crippen molar-refractivity contribution in [3.05, 3.63) is 119 Å². The SMILES string of the molecule is CC(C)[O-].CC(C)[O-].CC(C)[O-].CC(C)[O-].CC(C)[O-].CC(C)[O-].CC(C)[O-].CC(C)[O-].CC(C)[O-].CC(C)[O-].O=C([O-])c1ccnc(Cl)c1.O=C([O-])c1ccnc(Cl)c1.O=P([O-])([O-])c1ccccc1.O=P([O-])([O-])c1ccccc1.[O-2].[O-2].[O-2].[O-2].[Ti+4].[Ti+4].[Ti+4].[Ti+4].[Ti+4].[Ti+4]. The monoisotopic (exact) mass is 1570 g/mol. The number of aromatic carboxylic acids is 2. The first kappa shape index (κ1) is 146. The van der Waals surface area contributed by atoms with Crippen molar-refractivity contribution in [2.75, 3.05) is 0 Å². The van der Waals surface area contributed by atoms with Crippen LogP contribution in [0.4, 0.5) is 0 Å². The van der Waals surface area contributed by atoms with Gasteiger partial charge in [0, 0.05) is 23.5 Å². The summed E-state index contributed by atoms with van der Waals surface area (Å²) in [4.78, 5) is 68.7. The second-order valence-electron chi connectivity index (χ2n) is 17.5. The molecular formula is C54H86Cl2N2O24P2Ti6. The average molecular weight is 1570 g/mol. The zero-order chi connectivity index (χ0) is 66.1. The summed E-state index contributed by atoms with van der Waals surface area (Å²) < 4.78 is 20.6. The van der Waals surface area contributed by atoms with Gasteiger partial charge in [0.2, 0.25) is 0 Å². The minimum Gasteiger partial charge on any atom is -2.00 e. The molecule has 0 atom stereocenters. The summed E-state index contributed by atoms with van der Waals surface area (Å²) in [5, 5.41) is 116. The molecule has 0 aliphatic carbocycles. The Morgan fingerprint density at radius 2 is 0.467 bits per heavy atom. The van der Waals surface area contributed by atoms with Crippen molar-refractivity contribution in [3.63, 3.8) is 0 Å². The maximum Gasteiger partial charge on any atom is 4.00 e. The zero-order valence-corrected chi connectivity index (χ0v) is 67.0. The number of carboxylic acids is 2. The minimum absolute atomic E-state index is 0. The average Bonchev–Trinajstić information content (AvgIpc) is 3.23. The Morgan fingerprint density at radius 1 is 0.333 bits per heavy atom. The molecule has 0 saturated carbocycles. The Balaban J connectivity index is -0.0000000330. The molecule has 4 rings (SSSR count). The van der Waals surface area contributed by atoms with Crippen molar-refractivity contribution in [2.24, 2.45) is 0 Å². The van der Waals surface area contributed by atoms with Gasteiger partial charge in [0.05, 0.1) is 11.9 Å². The molecule has 90 heavy (non-hydrogen) atoms. The van der Waals surface area contributed by atoms with Gasteiger partial charge in [-0.1, -0.05) is 222 Å². The van der Waals surface area contributed by atoms with Gasteiger partial charge in [0.25, 0.3) is 0 Å². The molecule has 0 radical (unpaired) electrons. The van der Waals surface area contributed by atoms with Gasteiger partial charge in [-0.2, -0.15) is 0 Å². The summed E-state index contributed by atoms with van der Waals surface area (Å²) in [5.74, 6) is -2.49. The van der Waals surface area contributed by atoms with Crippen molar-refractivity contribution in [2.45, 2.75) is 200 Å². The molecule has 504 valence electrons. The number of hydrogen-bond donors (Lipinski definition) is 0. The Bertz CT molecular complexity index is 1810. The van der Waals surface area contributed by atoms with E-state index in [1.807, 2.05) is 0 Å². The Hall–Kier alpha value is 0.286. The summed E-state index contributed by atoms with van der Waals surface area (Å²) in [5.41, 5.74) is 0.0833. The molecular weight excluding hydrogens is 1480 g/mol. The standard InChI is InChI=1S/2C6H4ClNO2.2C6H7O3P.10C3H7O.4O.6Ti/c2*7-5-3-4(6(9)10)1-2-8-5;2*7-10(8,9)6-4-2-1-3-5-6;10*1-3(2)4;;;;;;;;;;/h2*1-3H,(H,9,10);2*1-5H,(H2,7,8,9);10*3H,1-2H3;;;;;;;;;;/q;;;;10*-1;4*-2;6*+4/p-6. The molecule has 2 aromatic carbocycles. The summed E-state index contributed by atoms with van der Waals surface area (Å²) >= 11 is 10.8. The quantitative estimate of drug-likeness (QED) is 0.106. The van der Waals surface area contributed by atoms with Gasteiger partial charge in [-0.05, 0) is 50.1 Å². The number of hydrogen-bond acceptors (Lipinski definition) is 22. The fraction of sp³-hybridized carbons (Fsp3) is 0.556. The number of carbonyl (C=O) groups excluding carboxylic acids is 2. The van der Waals surface area contributed by atoms with Crippen LogP contribution in [0.25, 0.3) is 0 Å². The van der Waals surface area contributed by atoms with E-state index in [2.05, 4.69) is 9.97 Å². The predicted molar refractivity (Wildman–Crippen MR) is 289 cm³/mol. The third-order valence-electron chi connectivity index (χ3n) is 4.07. The van der Waals surface area contributed by atoms with E-state index in [4.69, 9.17) is 23.2 Å². The van der Waals surface area contributed by atoms with Crippen LogP contribution in [-0.2, 0) is 161 Å². The van der Waals surface area contributed by atoms with Crippen LogP contribution in [0.2, 0.25) is 10.3 Å². The molecule has 0 aliphatic heterocycles. The van der Waals surface area contributed by atoms with Crippen molar-refractivity contribution in [1.82, 2.24) is 9.97 Å². The predicted octanol–water partition coefficient (Wildman–Crippen LogP) is -4.29. The number of rotatable bonds is 4. The molecule has 0 bridgehead atoms. The Labute approximate surface area is 634 Å². The maximum atomic E-state index is 10.3. The largest absolute Gasteiger partial charge is 4.00 e. The first-order chi connectivity index (χ1) is 35.9. The van der Waals surface area contributed by atoms with E-state index >= 15 is 0 Å². The number of pyridine rings is 2. The Kier molecular flexibility index (Phi) is 159. The van der Waals surface area contributed by atoms with E-state index in [0.29, 0.717) is 0 Å². The molecule has 0 aliphatic rings. The molecule has 36 heteroatoms. The summed E-state index contributed by atoms with van der Waals surface area (Å²) in [7, 11) is -9.04. The van der Waals surface area contributed by atoms with Gasteiger partial charge in [0.1, 0.15) is 10.3 Å². The van der Waals surface area contributed by atoms with Crippen LogP contribution < -0.4 is 91.5 Å². The van der Waals surface area contributed by atoms with Gasteiger partial charge in [-0.15, -0.1) is 61.0 Å². The van der Waals surface area contributed by atoms with Gasteiger partial charge in [-0.3, -0.25) is 0 Å². The number of aromatic nitrogens is 2. The second kappa shape index (κ2) is 98.0. The van der Waals surface area contributed by atoms with Crippen molar-refractivity contribution >= 4 is 60.9 Å². The van der Waals surface area contributed by atoms with E-state index in [9.17, 15) is 99.6 Å². The summed E-state index contributed by atoms with van der Waals surface area (Å²) in [6.07, 6.45) is -1.54. The fourth-order valence-electron chi connectivity index (χ4n) is 2.28. The topological polar surface area (TPSA) is 577 Å². The van der Waals surface area contributed by atoms with Crippen LogP contribution in [0, 0.1) is 0 Å². The molecule has 0 unspecified atom stereocenters. The fourth-order valence-corrected chi connectivity index (χ4v) is 3.70. The van der Waals surface area contributed by atoms with E-state index in [-0.39, 0.29) is 184 Å². The number of nitrogens with zero attached hydrogens (tertiary/aromatic N) is 2. The molecule has 0 saturated heterocycles. The van der Waals surface area contributed by atoms with Crippen LogP contribution in [-0.4, -0.2) is 82.9 Å². The number of carbonyl (C=O) groups is 2. The third-order valence-corrected chi connectivity index (χ3v) is 6.34. The van der Waals surface area contributed by atoms with Crippen LogP contribution >= 0.6 is 38.4 Å². The van der Waals surface area contributed by atoms with Gasteiger partial charge in [0.15, 0.2) is 0 Å². The molecule has 0 fully saturated rings. The van der Waals surface area contributed by atoms with E-state index in [1.54, 1.807) is 151 Å². The molecule has 0 amide bonds. The molecule has 2 aromatic heterocycles. The molecule has 2 heterocycles. The number of halogens is 2. The molecule has 0 spiro atoms.